The van der Waals surface area contributed by atoms with Crippen LogP contribution < -0.4 is 10.6 Å². The van der Waals surface area contributed by atoms with E-state index < -0.39 is 0 Å². The van der Waals surface area contributed by atoms with Crippen molar-refractivity contribution >= 4 is 5.91 Å². The average Bonchev–Trinajstić information content (AvgIpc) is 2.26. The molecule has 1 heterocycles. The molecule has 1 fully saturated rings. The number of rotatable bonds is 2. The zero-order valence-corrected chi connectivity index (χ0v) is 11.1. The third-order valence-corrected chi connectivity index (χ3v) is 3.13. The molecule has 0 aliphatic carbocycles. The summed E-state index contributed by atoms with van der Waals surface area (Å²) in [4.78, 5) is 14.4. The van der Waals surface area contributed by atoms with Gasteiger partial charge in [0.15, 0.2) is 0 Å². The molecule has 1 aliphatic heterocycles. The summed E-state index contributed by atoms with van der Waals surface area (Å²) in [6.07, 6.45) is 1.02. The number of hydrogen-bond donors (Lipinski definition) is 2. The summed E-state index contributed by atoms with van der Waals surface area (Å²) in [5.41, 5.74) is 0.0307. The lowest BCUT2D eigenvalue weighted by Crippen LogP contribution is -2.56. The van der Waals surface area contributed by atoms with Crippen LogP contribution in [0, 0.1) is 0 Å². The summed E-state index contributed by atoms with van der Waals surface area (Å²) in [5, 5.41) is 6.17. The molecular formula is C12H25N3O. The Bertz CT molecular complexity index is 247. The first-order valence-electron chi connectivity index (χ1n) is 6.08. The summed E-state index contributed by atoms with van der Waals surface area (Å²) >= 11 is 0. The van der Waals surface area contributed by atoms with E-state index in [2.05, 4.69) is 43.2 Å². The van der Waals surface area contributed by atoms with Crippen LogP contribution in [0.2, 0.25) is 0 Å². The van der Waals surface area contributed by atoms with Gasteiger partial charge in [-0.25, -0.2) is 0 Å². The van der Waals surface area contributed by atoms with Gasteiger partial charge in [0, 0.05) is 24.7 Å². The van der Waals surface area contributed by atoms with E-state index in [4.69, 9.17) is 0 Å². The first kappa shape index (κ1) is 13.5. The quantitative estimate of drug-likeness (QED) is 0.725. The minimum atomic E-state index is -0.0602. The van der Waals surface area contributed by atoms with Crippen LogP contribution in [0.25, 0.3) is 0 Å². The van der Waals surface area contributed by atoms with Crippen molar-refractivity contribution in [2.24, 2.45) is 0 Å². The Balaban J connectivity index is 2.88. The predicted octanol–water partition coefficient (Wildman–Crippen LogP) is 0.583. The molecular weight excluding hydrogens is 202 g/mol. The molecule has 94 valence electrons. The zero-order valence-electron chi connectivity index (χ0n) is 11.1. The third-order valence-electron chi connectivity index (χ3n) is 3.13. The van der Waals surface area contributed by atoms with Gasteiger partial charge < -0.3 is 10.6 Å². The second-order valence-corrected chi connectivity index (χ2v) is 5.64. The molecule has 1 saturated heterocycles. The fourth-order valence-corrected chi connectivity index (χ4v) is 2.24. The van der Waals surface area contributed by atoms with Crippen LogP contribution in [0.15, 0.2) is 0 Å². The second-order valence-electron chi connectivity index (χ2n) is 5.64. The number of nitrogens with zero attached hydrogens (tertiary/aromatic N) is 1. The van der Waals surface area contributed by atoms with Gasteiger partial charge in [-0.2, -0.15) is 0 Å². The molecule has 4 nitrogen and oxygen atoms in total. The fourth-order valence-electron chi connectivity index (χ4n) is 2.24. The zero-order chi connectivity index (χ0) is 12.3. The summed E-state index contributed by atoms with van der Waals surface area (Å²) in [7, 11) is 1.89. The molecule has 2 unspecified atom stereocenters. The average molecular weight is 227 g/mol. The Hall–Kier alpha value is -0.610. The minimum Gasteiger partial charge on any atom is -0.352 e. The summed E-state index contributed by atoms with van der Waals surface area (Å²) in [6.45, 7) is 10.2. The van der Waals surface area contributed by atoms with E-state index in [1.807, 2.05) is 7.05 Å². The van der Waals surface area contributed by atoms with Gasteiger partial charge in [-0.3, -0.25) is 9.69 Å². The van der Waals surface area contributed by atoms with Crippen LogP contribution in [0.4, 0.5) is 0 Å². The van der Waals surface area contributed by atoms with E-state index in [1.165, 1.54) is 0 Å². The molecule has 1 aliphatic rings. The third kappa shape index (κ3) is 3.19. The highest BCUT2D eigenvalue weighted by Gasteiger charge is 2.35. The molecule has 4 heteroatoms. The lowest BCUT2D eigenvalue weighted by atomic mass is 10.0. The van der Waals surface area contributed by atoms with Gasteiger partial charge >= 0.3 is 0 Å². The van der Waals surface area contributed by atoms with Gasteiger partial charge in [0.2, 0.25) is 5.91 Å². The maximum Gasteiger partial charge on any atom is 0.238 e. The summed E-state index contributed by atoms with van der Waals surface area (Å²) in [5.74, 6) is 0.147. The van der Waals surface area contributed by atoms with E-state index in [0.29, 0.717) is 6.54 Å². The molecule has 1 amide bonds. The molecule has 0 aromatic carbocycles. The summed E-state index contributed by atoms with van der Waals surface area (Å²) < 4.78 is 0. The molecule has 2 N–H and O–H groups in total. The maximum atomic E-state index is 12.1. The van der Waals surface area contributed by atoms with E-state index in [9.17, 15) is 4.79 Å². The predicted molar refractivity (Wildman–Crippen MR) is 66.4 cm³/mol. The topological polar surface area (TPSA) is 44.4 Å². The Kier molecular flexibility index (Phi) is 4.33. The van der Waals surface area contributed by atoms with Crippen LogP contribution in [0.5, 0.6) is 0 Å². The van der Waals surface area contributed by atoms with Gasteiger partial charge in [0.25, 0.3) is 0 Å². The fraction of sp³-hybridized carbons (Fsp3) is 0.917. The standard InChI is InChI=1S/C12H25N3O/c1-9-6-7-15(12(2,3)4)10(8-13-5)11(16)14-9/h9-10,13H,6-8H2,1-5H3,(H,14,16). The molecule has 1 rings (SSSR count). The Morgan fingerprint density at radius 3 is 2.62 bits per heavy atom. The lowest BCUT2D eigenvalue weighted by molar-refractivity contribution is -0.127. The smallest absolute Gasteiger partial charge is 0.238 e. The molecule has 0 spiro atoms. The monoisotopic (exact) mass is 227 g/mol. The van der Waals surface area contributed by atoms with Crippen molar-refractivity contribution in [2.75, 3.05) is 20.1 Å². The maximum absolute atomic E-state index is 12.1. The van der Waals surface area contributed by atoms with Crippen LogP contribution in [-0.2, 0) is 4.79 Å². The normalized spacial score (nSPS) is 28.7. The number of likely N-dealkylation sites (N-methyl/N-ethyl adjacent to an activating group) is 1. The molecule has 2 atom stereocenters. The first-order valence-corrected chi connectivity index (χ1v) is 6.08. The largest absolute Gasteiger partial charge is 0.352 e. The number of nitrogens with one attached hydrogen (secondary N) is 2. The highest BCUT2D eigenvalue weighted by molar-refractivity contribution is 5.82. The molecule has 0 radical (unpaired) electrons. The van der Waals surface area contributed by atoms with Crippen LogP contribution in [0.3, 0.4) is 0 Å². The SMILES string of the molecule is CNCC1C(=O)NC(C)CCN1C(C)(C)C. The van der Waals surface area contributed by atoms with E-state index in [0.717, 1.165) is 13.0 Å². The molecule has 0 aromatic heterocycles. The van der Waals surface area contributed by atoms with Crippen LogP contribution >= 0.6 is 0 Å². The highest BCUT2D eigenvalue weighted by Crippen LogP contribution is 2.20. The van der Waals surface area contributed by atoms with Gasteiger partial charge in [0.05, 0.1) is 0 Å². The molecule has 0 bridgehead atoms. The Labute approximate surface area is 98.8 Å². The van der Waals surface area contributed by atoms with Crippen molar-refractivity contribution in [3.8, 4) is 0 Å². The Morgan fingerprint density at radius 2 is 2.12 bits per heavy atom. The first-order chi connectivity index (χ1) is 7.36. The Morgan fingerprint density at radius 1 is 1.50 bits per heavy atom. The van der Waals surface area contributed by atoms with E-state index in [-0.39, 0.29) is 23.5 Å². The van der Waals surface area contributed by atoms with Gasteiger partial charge in [0.1, 0.15) is 6.04 Å². The number of amides is 1. The summed E-state index contributed by atoms with van der Waals surface area (Å²) in [6, 6.07) is 0.217. The molecule has 0 aromatic rings. The van der Waals surface area contributed by atoms with Crippen molar-refractivity contribution < 1.29 is 4.79 Å². The van der Waals surface area contributed by atoms with E-state index in [1.54, 1.807) is 0 Å². The van der Waals surface area contributed by atoms with Gasteiger partial charge in [-0.05, 0) is 41.2 Å². The van der Waals surface area contributed by atoms with Crippen LogP contribution in [0.1, 0.15) is 34.1 Å². The van der Waals surface area contributed by atoms with Crippen molar-refractivity contribution in [1.82, 2.24) is 15.5 Å². The minimum absolute atomic E-state index is 0.0307. The molecule has 16 heavy (non-hydrogen) atoms. The number of carbonyl (C=O) groups is 1. The van der Waals surface area contributed by atoms with Gasteiger partial charge in [-0.15, -0.1) is 0 Å². The number of carbonyl (C=O) groups excluding carboxylic acids is 1. The van der Waals surface area contributed by atoms with Crippen molar-refractivity contribution in [1.29, 1.82) is 0 Å². The second kappa shape index (κ2) is 5.15. The lowest BCUT2D eigenvalue weighted by Gasteiger charge is -2.39. The van der Waals surface area contributed by atoms with Crippen molar-refractivity contribution in [3.63, 3.8) is 0 Å². The van der Waals surface area contributed by atoms with E-state index >= 15 is 0 Å². The van der Waals surface area contributed by atoms with Gasteiger partial charge in [-0.1, -0.05) is 0 Å². The highest BCUT2D eigenvalue weighted by atomic mass is 16.2. The van der Waals surface area contributed by atoms with Crippen molar-refractivity contribution in [3.05, 3.63) is 0 Å². The van der Waals surface area contributed by atoms with Crippen LogP contribution in [-0.4, -0.2) is 48.6 Å². The number of hydrogen-bond acceptors (Lipinski definition) is 3. The molecule has 0 saturated carbocycles. The van der Waals surface area contributed by atoms with Crippen molar-refractivity contribution in [2.45, 2.75) is 51.7 Å².